The van der Waals surface area contributed by atoms with Crippen molar-refractivity contribution in [3.63, 3.8) is 0 Å². The third-order valence-electron chi connectivity index (χ3n) is 3.88. The molecule has 0 saturated carbocycles. The molecule has 1 N–H and O–H groups in total. The number of furan rings is 1. The van der Waals surface area contributed by atoms with Gasteiger partial charge in [-0.1, -0.05) is 12.1 Å². The highest BCUT2D eigenvalue weighted by molar-refractivity contribution is 5.90. The number of amides is 1. The monoisotopic (exact) mass is 337 g/mol. The van der Waals surface area contributed by atoms with Crippen LogP contribution in [0.1, 0.15) is 11.5 Å². The largest absolute Gasteiger partial charge is 0.465 e. The zero-order valence-corrected chi connectivity index (χ0v) is 13.5. The summed E-state index contributed by atoms with van der Waals surface area (Å²) in [4.78, 5) is 28.8. The van der Waals surface area contributed by atoms with E-state index in [-0.39, 0.29) is 19.0 Å². The van der Waals surface area contributed by atoms with Crippen LogP contribution >= 0.6 is 0 Å². The van der Waals surface area contributed by atoms with Crippen molar-refractivity contribution >= 4 is 22.5 Å². The zero-order chi connectivity index (χ0) is 17.4. The molecule has 1 aromatic carbocycles. The molecule has 0 fully saturated rings. The van der Waals surface area contributed by atoms with Gasteiger partial charge in [0.15, 0.2) is 5.65 Å². The second-order valence-electron chi connectivity index (χ2n) is 5.68. The van der Waals surface area contributed by atoms with Gasteiger partial charge in [-0.25, -0.2) is 18.9 Å². The molecule has 126 valence electrons. The number of hydrogen-bond donors (Lipinski definition) is 1. The van der Waals surface area contributed by atoms with E-state index >= 15 is 0 Å². The Labute approximate surface area is 141 Å². The van der Waals surface area contributed by atoms with Crippen LogP contribution in [0, 0.1) is 6.92 Å². The van der Waals surface area contributed by atoms with E-state index in [1.165, 1.54) is 10.7 Å². The van der Waals surface area contributed by atoms with Crippen molar-refractivity contribution in [1.82, 2.24) is 24.5 Å². The first-order valence-corrected chi connectivity index (χ1v) is 7.77. The fourth-order valence-electron chi connectivity index (χ4n) is 2.66. The Hall–Kier alpha value is -3.42. The number of carbonyl (C=O) groups is 1. The number of benzene rings is 1. The minimum absolute atomic E-state index is 0.172. The number of aromatic nitrogens is 4. The first-order chi connectivity index (χ1) is 12.1. The van der Waals surface area contributed by atoms with Crippen molar-refractivity contribution in [2.45, 2.75) is 20.0 Å². The van der Waals surface area contributed by atoms with Gasteiger partial charge in [0.25, 0.3) is 0 Å². The maximum Gasteiger partial charge on any atom is 0.352 e. The Morgan fingerprint density at radius 1 is 1.24 bits per heavy atom. The number of aryl methyl sites for hydroxylation is 1. The second kappa shape index (κ2) is 5.90. The van der Waals surface area contributed by atoms with Crippen molar-refractivity contribution in [2.24, 2.45) is 0 Å². The summed E-state index contributed by atoms with van der Waals surface area (Å²) in [6, 6.07) is 11.0. The van der Waals surface area contributed by atoms with Crippen LogP contribution in [0.25, 0.3) is 16.6 Å². The minimum atomic E-state index is -0.405. The molecule has 25 heavy (non-hydrogen) atoms. The average Bonchev–Trinajstić information content (AvgIpc) is 3.17. The summed E-state index contributed by atoms with van der Waals surface area (Å²) >= 11 is 0. The predicted octanol–water partition coefficient (Wildman–Crippen LogP) is 1.26. The fourth-order valence-corrected chi connectivity index (χ4v) is 2.66. The Morgan fingerprint density at radius 2 is 2.08 bits per heavy atom. The van der Waals surface area contributed by atoms with Gasteiger partial charge < -0.3 is 9.73 Å². The fraction of sp³-hybridized carbons (Fsp3) is 0.176. The van der Waals surface area contributed by atoms with Gasteiger partial charge in [-0.3, -0.25) is 4.79 Å². The molecule has 0 spiro atoms. The van der Waals surface area contributed by atoms with Crippen LogP contribution in [0.5, 0.6) is 0 Å². The van der Waals surface area contributed by atoms with E-state index in [4.69, 9.17) is 4.42 Å². The lowest BCUT2D eigenvalue weighted by molar-refractivity contribution is -0.122. The number of carbonyl (C=O) groups excluding carboxylic acids is 1. The van der Waals surface area contributed by atoms with Crippen molar-refractivity contribution in [3.05, 3.63) is 64.7 Å². The summed E-state index contributed by atoms with van der Waals surface area (Å²) in [7, 11) is 0. The van der Waals surface area contributed by atoms with Crippen molar-refractivity contribution in [3.8, 4) is 0 Å². The molecule has 0 saturated heterocycles. The molecule has 0 radical (unpaired) electrons. The molecule has 3 aromatic heterocycles. The molecular weight excluding hydrogens is 322 g/mol. The van der Waals surface area contributed by atoms with Gasteiger partial charge in [0.2, 0.25) is 5.91 Å². The van der Waals surface area contributed by atoms with Crippen LogP contribution in [-0.4, -0.2) is 25.1 Å². The summed E-state index contributed by atoms with van der Waals surface area (Å²) in [5, 5.41) is 7.75. The van der Waals surface area contributed by atoms with E-state index in [1.54, 1.807) is 6.07 Å². The first-order valence-electron chi connectivity index (χ1n) is 7.77. The van der Waals surface area contributed by atoms with Gasteiger partial charge in [-0.05, 0) is 31.2 Å². The molecule has 1 amide bonds. The molecule has 0 atom stereocenters. The highest BCUT2D eigenvalue weighted by Gasteiger charge is 2.13. The number of hydrogen-bond acceptors (Lipinski definition) is 5. The van der Waals surface area contributed by atoms with Crippen molar-refractivity contribution in [1.29, 1.82) is 0 Å². The summed E-state index contributed by atoms with van der Waals surface area (Å²) in [6.07, 6.45) is 1.42. The molecular formula is C17H15N5O3. The number of para-hydroxylation sites is 1. The molecule has 8 heteroatoms. The van der Waals surface area contributed by atoms with E-state index in [0.717, 1.165) is 21.3 Å². The maximum absolute atomic E-state index is 12.4. The van der Waals surface area contributed by atoms with Crippen LogP contribution in [0.2, 0.25) is 0 Å². The van der Waals surface area contributed by atoms with Gasteiger partial charge >= 0.3 is 5.69 Å². The first kappa shape index (κ1) is 15.1. The SMILES string of the molecule is Cc1ccc(CNC(=O)Cn2nc3c4ccccc4ncn3c2=O)o1. The summed E-state index contributed by atoms with van der Waals surface area (Å²) in [5.74, 6) is 1.11. The second-order valence-corrected chi connectivity index (χ2v) is 5.68. The van der Waals surface area contributed by atoms with Crippen LogP contribution in [0.4, 0.5) is 0 Å². The minimum Gasteiger partial charge on any atom is -0.465 e. The third kappa shape index (κ3) is 2.78. The van der Waals surface area contributed by atoms with Gasteiger partial charge in [-0.2, -0.15) is 0 Å². The number of nitrogens with zero attached hydrogens (tertiary/aromatic N) is 4. The summed E-state index contributed by atoms with van der Waals surface area (Å²) in [5.41, 5.74) is 0.812. The average molecular weight is 337 g/mol. The molecule has 0 bridgehead atoms. The number of fused-ring (bicyclic) bond motifs is 3. The Kier molecular flexibility index (Phi) is 3.57. The molecule has 8 nitrogen and oxygen atoms in total. The maximum atomic E-state index is 12.4. The smallest absolute Gasteiger partial charge is 0.352 e. The van der Waals surface area contributed by atoms with Crippen LogP contribution in [0.3, 0.4) is 0 Å². The van der Waals surface area contributed by atoms with Gasteiger partial charge in [0.1, 0.15) is 24.4 Å². The number of nitrogens with one attached hydrogen (secondary N) is 1. The van der Waals surface area contributed by atoms with Gasteiger partial charge in [0.05, 0.1) is 12.1 Å². The highest BCUT2D eigenvalue weighted by Crippen LogP contribution is 2.14. The number of rotatable bonds is 4. The van der Waals surface area contributed by atoms with Gasteiger partial charge in [-0.15, -0.1) is 5.10 Å². The highest BCUT2D eigenvalue weighted by atomic mass is 16.3. The molecule has 3 heterocycles. The van der Waals surface area contributed by atoms with E-state index in [0.29, 0.717) is 11.4 Å². The molecule has 0 aliphatic heterocycles. The topological polar surface area (TPSA) is 94.4 Å². The van der Waals surface area contributed by atoms with E-state index in [2.05, 4.69) is 15.4 Å². The lowest BCUT2D eigenvalue weighted by Crippen LogP contribution is -2.32. The molecule has 4 aromatic rings. The van der Waals surface area contributed by atoms with E-state index < -0.39 is 5.69 Å². The Balaban J connectivity index is 1.58. The molecule has 4 rings (SSSR count). The van der Waals surface area contributed by atoms with Crippen LogP contribution in [-0.2, 0) is 17.9 Å². The van der Waals surface area contributed by atoms with Crippen molar-refractivity contribution in [2.75, 3.05) is 0 Å². The van der Waals surface area contributed by atoms with Gasteiger partial charge in [0, 0.05) is 5.39 Å². The lowest BCUT2D eigenvalue weighted by Gasteiger charge is -2.02. The van der Waals surface area contributed by atoms with Crippen molar-refractivity contribution < 1.29 is 9.21 Å². The summed E-state index contributed by atoms with van der Waals surface area (Å²) in [6.45, 7) is 1.92. The normalized spacial score (nSPS) is 11.2. The lowest BCUT2D eigenvalue weighted by atomic mass is 10.2. The zero-order valence-electron chi connectivity index (χ0n) is 13.5. The Morgan fingerprint density at radius 3 is 2.88 bits per heavy atom. The van der Waals surface area contributed by atoms with Crippen LogP contribution < -0.4 is 11.0 Å². The summed E-state index contributed by atoms with van der Waals surface area (Å²) < 4.78 is 7.86. The quantitative estimate of drug-likeness (QED) is 0.605. The third-order valence-corrected chi connectivity index (χ3v) is 3.88. The molecule has 0 aliphatic carbocycles. The molecule has 0 unspecified atom stereocenters. The van der Waals surface area contributed by atoms with E-state index in [1.807, 2.05) is 37.3 Å². The standard InChI is InChI=1S/C17H15N5O3/c1-11-6-7-12(25-11)8-18-15(23)9-22-17(24)21-10-19-14-5-3-2-4-13(14)16(21)20-22/h2-7,10H,8-9H2,1H3,(H,18,23). The Bertz CT molecular complexity index is 1140. The predicted molar refractivity (Wildman–Crippen MR) is 90.0 cm³/mol. The van der Waals surface area contributed by atoms with Crippen LogP contribution in [0.15, 0.2) is 51.9 Å². The molecule has 0 aliphatic rings. The van der Waals surface area contributed by atoms with E-state index in [9.17, 15) is 9.59 Å².